The fourth-order valence-electron chi connectivity index (χ4n) is 2.81. The van der Waals surface area contributed by atoms with Crippen LogP contribution in [0.25, 0.3) is 0 Å². The summed E-state index contributed by atoms with van der Waals surface area (Å²) >= 11 is 5.04. The number of quaternary nitrogens is 1. The summed E-state index contributed by atoms with van der Waals surface area (Å²) in [5.74, 6) is 1.55. The van der Waals surface area contributed by atoms with Gasteiger partial charge in [0.25, 0.3) is 0 Å². The van der Waals surface area contributed by atoms with Crippen molar-refractivity contribution in [3.63, 3.8) is 0 Å². The molecule has 1 aliphatic heterocycles. The number of nitrogens with one attached hydrogen (secondary N) is 1. The van der Waals surface area contributed by atoms with Crippen LogP contribution in [-0.4, -0.2) is 50.4 Å². The van der Waals surface area contributed by atoms with Gasteiger partial charge >= 0.3 is 0 Å². The standard InChI is InChI=1S/C15H23N3O2S/c1-11(17-6-8-18(9-7-17)15(16)21)12-4-5-13(19-2)14(10-12)20-3/h4-5,10-11H,6-9H2,1-3H3,(H2,16,21)/p+1/t11-/m1/s1. The smallest absolute Gasteiger partial charge is 0.166 e. The first kappa shape index (κ1) is 15.9. The van der Waals surface area contributed by atoms with Crippen molar-refractivity contribution in [1.29, 1.82) is 0 Å². The summed E-state index contributed by atoms with van der Waals surface area (Å²) in [6.07, 6.45) is 0. The molecular weight excluding hydrogens is 286 g/mol. The van der Waals surface area contributed by atoms with Crippen LogP contribution < -0.4 is 20.1 Å². The zero-order valence-electron chi connectivity index (χ0n) is 12.9. The number of hydrogen-bond acceptors (Lipinski definition) is 3. The molecule has 1 fully saturated rings. The van der Waals surface area contributed by atoms with Crippen molar-refractivity contribution in [3.05, 3.63) is 23.8 Å². The Morgan fingerprint density at radius 1 is 1.24 bits per heavy atom. The molecule has 5 nitrogen and oxygen atoms in total. The Balaban J connectivity index is 2.07. The van der Waals surface area contributed by atoms with Gasteiger partial charge in [-0.2, -0.15) is 0 Å². The lowest BCUT2D eigenvalue weighted by Gasteiger charge is -2.35. The fraction of sp³-hybridized carbons (Fsp3) is 0.533. The van der Waals surface area contributed by atoms with Gasteiger partial charge in [-0.05, 0) is 37.3 Å². The van der Waals surface area contributed by atoms with Crippen molar-refractivity contribution in [2.24, 2.45) is 5.73 Å². The lowest BCUT2D eigenvalue weighted by Crippen LogP contribution is -3.14. The molecule has 0 bridgehead atoms. The number of methoxy groups -OCH3 is 2. The van der Waals surface area contributed by atoms with Gasteiger partial charge in [0.15, 0.2) is 16.6 Å². The number of nitrogens with zero attached hydrogens (tertiary/aromatic N) is 1. The van der Waals surface area contributed by atoms with Gasteiger partial charge < -0.3 is 25.0 Å². The first-order valence-electron chi connectivity index (χ1n) is 7.17. The third-order valence-corrected chi connectivity index (χ3v) is 4.50. The molecule has 0 saturated carbocycles. The lowest BCUT2D eigenvalue weighted by molar-refractivity contribution is -0.933. The van der Waals surface area contributed by atoms with Crippen molar-refractivity contribution >= 4 is 17.3 Å². The average molecular weight is 310 g/mol. The van der Waals surface area contributed by atoms with E-state index in [0.717, 1.165) is 37.7 Å². The maximum Gasteiger partial charge on any atom is 0.166 e. The third-order valence-electron chi connectivity index (χ3n) is 4.24. The van der Waals surface area contributed by atoms with Crippen LogP contribution in [0.3, 0.4) is 0 Å². The quantitative estimate of drug-likeness (QED) is 0.779. The van der Waals surface area contributed by atoms with Gasteiger partial charge in [0.2, 0.25) is 0 Å². The highest BCUT2D eigenvalue weighted by Gasteiger charge is 2.26. The molecule has 0 radical (unpaired) electrons. The molecule has 1 aromatic rings. The normalized spacial score (nSPS) is 17.4. The molecule has 1 aromatic carbocycles. The Morgan fingerprint density at radius 2 is 1.86 bits per heavy atom. The molecule has 0 amide bonds. The van der Waals surface area contributed by atoms with Gasteiger partial charge in [0.1, 0.15) is 6.04 Å². The van der Waals surface area contributed by atoms with Crippen LogP contribution in [-0.2, 0) is 0 Å². The second-order valence-corrected chi connectivity index (χ2v) is 5.74. The van der Waals surface area contributed by atoms with E-state index >= 15 is 0 Å². The topological polar surface area (TPSA) is 52.2 Å². The molecule has 21 heavy (non-hydrogen) atoms. The Bertz CT molecular complexity index is 502. The number of thiocarbonyl (C=S) groups is 1. The van der Waals surface area contributed by atoms with Crippen molar-refractivity contribution in [2.45, 2.75) is 13.0 Å². The number of rotatable bonds is 4. The molecule has 6 heteroatoms. The molecule has 116 valence electrons. The highest BCUT2D eigenvalue weighted by atomic mass is 32.1. The SMILES string of the molecule is COc1ccc([C@@H](C)[NH+]2CCN(C(N)=S)CC2)cc1OC. The number of ether oxygens (including phenoxy) is 2. The van der Waals surface area contributed by atoms with E-state index in [2.05, 4.69) is 24.0 Å². The van der Waals surface area contributed by atoms with Gasteiger partial charge in [-0.1, -0.05) is 0 Å². The van der Waals surface area contributed by atoms with E-state index in [4.69, 9.17) is 27.4 Å². The molecular formula is C15H24N3O2S+. The van der Waals surface area contributed by atoms with Crippen LogP contribution in [0.4, 0.5) is 0 Å². The highest BCUT2D eigenvalue weighted by molar-refractivity contribution is 7.80. The number of piperazine rings is 1. The van der Waals surface area contributed by atoms with E-state index in [9.17, 15) is 0 Å². The van der Waals surface area contributed by atoms with E-state index in [1.807, 2.05) is 6.07 Å². The predicted molar refractivity (Wildman–Crippen MR) is 87.0 cm³/mol. The second kappa shape index (κ2) is 6.95. The fourth-order valence-corrected chi connectivity index (χ4v) is 2.99. The summed E-state index contributed by atoms with van der Waals surface area (Å²) < 4.78 is 10.7. The molecule has 0 spiro atoms. The van der Waals surface area contributed by atoms with Crippen LogP contribution in [0.2, 0.25) is 0 Å². The minimum absolute atomic E-state index is 0.401. The minimum atomic E-state index is 0.401. The van der Waals surface area contributed by atoms with Crippen LogP contribution >= 0.6 is 12.2 Å². The van der Waals surface area contributed by atoms with Gasteiger partial charge in [0.05, 0.1) is 40.4 Å². The van der Waals surface area contributed by atoms with Crippen LogP contribution in [0, 0.1) is 0 Å². The van der Waals surface area contributed by atoms with Gasteiger partial charge in [-0.25, -0.2) is 0 Å². The first-order valence-corrected chi connectivity index (χ1v) is 7.58. The third kappa shape index (κ3) is 3.57. The van der Waals surface area contributed by atoms with E-state index in [1.54, 1.807) is 14.2 Å². The molecule has 0 aromatic heterocycles. The zero-order valence-corrected chi connectivity index (χ0v) is 13.7. The average Bonchev–Trinajstić information content (AvgIpc) is 2.53. The maximum absolute atomic E-state index is 5.69. The monoisotopic (exact) mass is 310 g/mol. The predicted octanol–water partition coefficient (Wildman–Crippen LogP) is 0.209. The zero-order chi connectivity index (χ0) is 15.4. The van der Waals surface area contributed by atoms with E-state index in [0.29, 0.717) is 11.2 Å². The molecule has 0 unspecified atom stereocenters. The molecule has 1 atom stereocenters. The largest absolute Gasteiger partial charge is 0.493 e. The summed E-state index contributed by atoms with van der Waals surface area (Å²) in [5, 5.41) is 0.507. The Labute approximate surface area is 131 Å². The van der Waals surface area contributed by atoms with Crippen molar-refractivity contribution in [3.8, 4) is 11.5 Å². The van der Waals surface area contributed by atoms with Crippen molar-refractivity contribution < 1.29 is 14.4 Å². The summed E-state index contributed by atoms with van der Waals surface area (Å²) in [5.41, 5.74) is 6.94. The molecule has 1 aliphatic rings. The van der Waals surface area contributed by atoms with Gasteiger partial charge in [0, 0.05) is 5.56 Å². The van der Waals surface area contributed by atoms with E-state index < -0.39 is 0 Å². The molecule has 1 heterocycles. The molecule has 2 rings (SSSR count). The number of nitrogens with two attached hydrogens (primary N) is 1. The summed E-state index contributed by atoms with van der Waals surface area (Å²) in [6.45, 7) is 6.15. The second-order valence-electron chi connectivity index (χ2n) is 5.32. The summed E-state index contributed by atoms with van der Waals surface area (Å²) in [4.78, 5) is 3.61. The minimum Gasteiger partial charge on any atom is -0.493 e. The van der Waals surface area contributed by atoms with E-state index in [1.165, 1.54) is 10.5 Å². The molecule has 1 saturated heterocycles. The van der Waals surface area contributed by atoms with Gasteiger partial charge in [-0.3, -0.25) is 0 Å². The lowest BCUT2D eigenvalue weighted by atomic mass is 10.1. The van der Waals surface area contributed by atoms with Crippen LogP contribution in [0.15, 0.2) is 18.2 Å². The van der Waals surface area contributed by atoms with Crippen LogP contribution in [0.5, 0.6) is 11.5 Å². The Kier molecular flexibility index (Phi) is 5.25. The summed E-state index contributed by atoms with van der Waals surface area (Å²) in [6, 6.07) is 6.54. The highest BCUT2D eigenvalue weighted by Crippen LogP contribution is 2.29. The molecule has 3 N–H and O–H groups in total. The summed E-state index contributed by atoms with van der Waals surface area (Å²) in [7, 11) is 3.32. The Morgan fingerprint density at radius 3 is 2.38 bits per heavy atom. The van der Waals surface area contributed by atoms with Crippen molar-refractivity contribution in [1.82, 2.24) is 4.90 Å². The first-order chi connectivity index (χ1) is 10.1. The van der Waals surface area contributed by atoms with Gasteiger partial charge in [-0.15, -0.1) is 0 Å². The number of benzene rings is 1. The molecule has 0 aliphatic carbocycles. The van der Waals surface area contributed by atoms with E-state index in [-0.39, 0.29) is 0 Å². The Hall–Kier alpha value is -1.53. The van der Waals surface area contributed by atoms with Crippen molar-refractivity contribution in [2.75, 3.05) is 40.4 Å². The maximum atomic E-state index is 5.69. The number of hydrogen-bond donors (Lipinski definition) is 2. The van der Waals surface area contributed by atoms with Crippen LogP contribution in [0.1, 0.15) is 18.5 Å².